The molecule has 0 saturated heterocycles. The summed E-state index contributed by atoms with van der Waals surface area (Å²) in [5, 5.41) is 8.77. The van der Waals surface area contributed by atoms with Crippen LogP contribution in [0.5, 0.6) is 0 Å². The molecule has 0 saturated carbocycles. The van der Waals surface area contributed by atoms with E-state index in [4.69, 9.17) is 5.26 Å². The molecule has 0 radical (unpaired) electrons. The van der Waals surface area contributed by atoms with Crippen molar-refractivity contribution in [3.05, 3.63) is 0 Å². The second-order valence-corrected chi connectivity index (χ2v) is 7.10. The van der Waals surface area contributed by atoms with Gasteiger partial charge >= 0.3 is 0 Å². The highest BCUT2D eigenvalue weighted by atomic mass is 32.2. The highest BCUT2D eigenvalue weighted by Crippen LogP contribution is 2.20. The summed E-state index contributed by atoms with van der Waals surface area (Å²) >= 11 is 0. The monoisotopic (exact) mass is 231 g/mol. The van der Waals surface area contributed by atoms with E-state index < -0.39 is 15.3 Å². The molecule has 0 bridgehead atoms. The summed E-state index contributed by atoms with van der Waals surface area (Å²) in [4.78, 5) is 0. The Morgan fingerprint density at radius 1 is 1.40 bits per heavy atom. The molecule has 0 aromatic rings. The smallest absolute Gasteiger partial charge is 0.150 e. The molecule has 0 spiro atoms. The lowest BCUT2D eigenvalue weighted by atomic mass is 9.93. The van der Waals surface area contributed by atoms with Crippen molar-refractivity contribution in [2.45, 2.75) is 40.5 Å². The molecule has 88 valence electrons. The maximum Gasteiger partial charge on any atom is 0.150 e. The molecule has 0 aliphatic carbocycles. The van der Waals surface area contributed by atoms with E-state index >= 15 is 0 Å². The van der Waals surface area contributed by atoms with Gasteiger partial charge < -0.3 is 0 Å². The van der Waals surface area contributed by atoms with Crippen molar-refractivity contribution in [1.82, 2.24) is 0 Å². The molecular formula is C11H21NO2S. The minimum absolute atomic E-state index is 0.123. The van der Waals surface area contributed by atoms with Crippen LogP contribution in [0.3, 0.4) is 0 Å². The lowest BCUT2D eigenvalue weighted by molar-refractivity contribution is 0.471. The fourth-order valence-electron chi connectivity index (χ4n) is 1.10. The standard InChI is InChI=1S/C11H21NO2S/c1-5-10(2)8-15(13,14)7-6-11(3,4)9-12/h10H,5-8H2,1-4H3. The largest absolute Gasteiger partial charge is 0.229 e. The number of rotatable bonds is 6. The van der Waals surface area contributed by atoms with Gasteiger partial charge in [-0.25, -0.2) is 8.42 Å². The first-order valence-corrected chi connectivity index (χ1v) is 7.16. The highest BCUT2D eigenvalue weighted by Gasteiger charge is 2.22. The van der Waals surface area contributed by atoms with Crippen molar-refractivity contribution in [2.24, 2.45) is 11.3 Å². The Balaban J connectivity index is 4.25. The van der Waals surface area contributed by atoms with E-state index in [1.165, 1.54) is 0 Å². The summed E-state index contributed by atoms with van der Waals surface area (Å²) in [6, 6.07) is 2.12. The molecule has 1 atom stereocenters. The first-order valence-electron chi connectivity index (χ1n) is 5.34. The summed E-state index contributed by atoms with van der Waals surface area (Å²) in [7, 11) is -2.99. The van der Waals surface area contributed by atoms with Gasteiger partial charge in [-0.2, -0.15) is 5.26 Å². The molecule has 4 heteroatoms. The molecule has 0 amide bonds. The number of hydrogen-bond donors (Lipinski definition) is 0. The maximum absolute atomic E-state index is 11.7. The first kappa shape index (κ1) is 14.4. The molecule has 0 aliphatic heterocycles. The topological polar surface area (TPSA) is 57.9 Å². The van der Waals surface area contributed by atoms with E-state index in [1.807, 2.05) is 13.8 Å². The lowest BCUT2D eigenvalue weighted by Gasteiger charge is -2.15. The Morgan fingerprint density at radius 3 is 2.33 bits per heavy atom. The van der Waals surface area contributed by atoms with Gasteiger partial charge in [-0.1, -0.05) is 20.3 Å². The second kappa shape index (κ2) is 5.50. The third kappa shape index (κ3) is 6.51. The number of sulfone groups is 1. The zero-order chi connectivity index (χ0) is 12.1. The summed E-state index contributed by atoms with van der Waals surface area (Å²) in [5.74, 6) is 0.573. The van der Waals surface area contributed by atoms with Gasteiger partial charge in [0.1, 0.15) is 0 Å². The lowest BCUT2D eigenvalue weighted by Crippen LogP contribution is -2.21. The predicted octanol–water partition coefficient (Wildman–Crippen LogP) is 2.39. The molecule has 3 nitrogen and oxygen atoms in total. The van der Waals surface area contributed by atoms with E-state index in [2.05, 4.69) is 6.07 Å². The predicted molar refractivity (Wildman–Crippen MR) is 62.1 cm³/mol. The van der Waals surface area contributed by atoms with Crippen molar-refractivity contribution < 1.29 is 8.42 Å². The van der Waals surface area contributed by atoms with Crippen molar-refractivity contribution in [2.75, 3.05) is 11.5 Å². The van der Waals surface area contributed by atoms with E-state index in [1.54, 1.807) is 13.8 Å². The molecule has 0 heterocycles. The van der Waals surface area contributed by atoms with E-state index in [-0.39, 0.29) is 17.4 Å². The van der Waals surface area contributed by atoms with Gasteiger partial charge in [0.05, 0.1) is 23.0 Å². The van der Waals surface area contributed by atoms with Gasteiger partial charge in [0, 0.05) is 0 Å². The van der Waals surface area contributed by atoms with Crippen molar-refractivity contribution in [3.63, 3.8) is 0 Å². The van der Waals surface area contributed by atoms with Crippen molar-refractivity contribution in [3.8, 4) is 6.07 Å². The molecular weight excluding hydrogens is 210 g/mol. The molecule has 0 rings (SSSR count). The van der Waals surface area contributed by atoms with E-state index in [0.717, 1.165) is 6.42 Å². The molecule has 0 aliphatic rings. The molecule has 0 aromatic heterocycles. The van der Waals surface area contributed by atoms with Gasteiger partial charge in [-0.05, 0) is 26.2 Å². The molecule has 0 N–H and O–H groups in total. The van der Waals surface area contributed by atoms with Gasteiger partial charge in [0.15, 0.2) is 9.84 Å². The zero-order valence-electron chi connectivity index (χ0n) is 10.1. The van der Waals surface area contributed by atoms with Gasteiger partial charge in [-0.3, -0.25) is 0 Å². The van der Waals surface area contributed by atoms with Crippen LogP contribution in [0.1, 0.15) is 40.5 Å². The number of nitriles is 1. The van der Waals surface area contributed by atoms with Gasteiger partial charge in [0.2, 0.25) is 0 Å². The van der Waals surface area contributed by atoms with Crippen LogP contribution in [0.2, 0.25) is 0 Å². The maximum atomic E-state index is 11.7. The Morgan fingerprint density at radius 2 is 1.93 bits per heavy atom. The fraction of sp³-hybridized carbons (Fsp3) is 0.909. The summed E-state index contributed by atoms with van der Waals surface area (Å²) in [6.07, 6.45) is 1.29. The molecule has 1 unspecified atom stereocenters. The summed E-state index contributed by atoms with van der Waals surface area (Å²) in [6.45, 7) is 7.46. The molecule has 0 fully saturated rings. The minimum Gasteiger partial charge on any atom is -0.229 e. The van der Waals surface area contributed by atoms with Crippen LogP contribution in [0.4, 0.5) is 0 Å². The Bertz CT molecular complexity index is 325. The first-order chi connectivity index (χ1) is 6.72. The normalized spacial score (nSPS) is 14.6. The van der Waals surface area contributed by atoms with Crippen LogP contribution in [-0.4, -0.2) is 19.9 Å². The minimum atomic E-state index is -2.99. The Kier molecular flexibility index (Phi) is 5.30. The van der Waals surface area contributed by atoms with Gasteiger partial charge in [-0.15, -0.1) is 0 Å². The summed E-state index contributed by atoms with van der Waals surface area (Å²) < 4.78 is 23.3. The van der Waals surface area contributed by atoms with Crippen LogP contribution in [0.15, 0.2) is 0 Å². The van der Waals surface area contributed by atoms with E-state index in [0.29, 0.717) is 6.42 Å². The van der Waals surface area contributed by atoms with Crippen LogP contribution in [-0.2, 0) is 9.84 Å². The molecule has 15 heavy (non-hydrogen) atoms. The van der Waals surface area contributed by atoms with Crippen molar-refractivity contribution >= 4 is 9.84 Å². The third-order valence-corrected chi connectivity index (χ3v) is 4.48. The van der Waals surface area contributed by atoms with Crippen LogP contribution in [0.25, 0.3) is 0 Å². The highest BCUT2D eigenvalue weighted by molar-refractivity contribution is 7.91. The Hall–Kier alpha value is -0.560. The second-order valence-electron chi connectivity index (χ2n) is 4.87. The van der Waals surface area contributed by atoms with Crippen LogP contribution >= 0.6 is 0 Å². The zero-order valence-corrected chi connectivity index (χ0v) is 10.9. The van der Waals surface area contributed by atoms with Crippen LogP contribution < -0.4 is 0 Å². The van der Waals surface area contributed by atoms with Crippen molar-refractivity contribution in [1.29, 1.82) is 5.26 Å². The average molecular weight is 231 g/mol. The quantitative estimate of drug-likeness (QED) is 0.705. The molecule has 0 aromatic carbocycles. The fourth-order valence-corrected chi connectivity index (χ4v) is 3.19. The van der Waals surface area contributed by atoms with Gasteiger partial charge in [0.25, 0.3) is 0 Å². The average Bonchev–Trinajstić information content (AvgIpc) is 2.14. The number of hydrogen-bond acceptors (Lipinski definition) is 3. The van der Waals surface area contributed by atoms with Crippen LogP contribution in [0, 0.1) is 22.7 Å². The Labute approximate surface area is 93.4 Å². The van der Waals surface area contributed by atoms with E-state index in [9.17, 15) is 8.42 Å². The third-order valence-electron chi connectivity index (χ3n) is 2.58. The SMILES string of the molecule is CCC(C)CS(=O)(=O)CCC(C)(C)C#N. The summed E-state index contributed by atoms with van der Waals surface area (Å²) in [5.41, 5.74) is -0.539. The number of nitrogens with zero attached hydrogens (tertiary/aromatic N) is 1.